The number of likely N-dealkylation sites (tertiary alicyclic amines) is 1. The van der Waals surface area contributed by atoms with Gasteiger partial charge in [-0.3, -0.25) is 14.5 Å². The number of nitrogens with one attached hydrogen (secondary N) is 2. The molecule has 0 aromatic heterocycles. The van der Waals surface area contributed by atoms with Gasteiger partial charge in [0.2, 0.25) is 11.8 Å². The second-order valence-electron chi connectivity index (χ2n) is 8.56. The van der Waals surface area contributed by atoms with Crippen molar-refractivity contribution in [2.24, 2.45) is 17.8 Å². The van der Waals surface area contributed by atoms with Crippen LogP contribution in [0.15, 0.2) is 48.5 Å². The van der Waals surface area contributed by atoms with Crippen LogP contribution in [0.2, 0.25) is 5.02 Å². The molecule has 158 valence electrons. The van der Waals surface area contributed by atoms with Crippen LogP contribution < -0.4 is 10.6 Å². The Kier molecular flexibility index (Phi) is 6.40. The Bertz CT molecular complexity index is 915. The van der Waals surface area contributed by atoms with E-state index in [1.165, 1.54) is 25.3 Å². The second-order valence-corrected chi connectivity index (χ2v) is 8.96. The number of nitrogens with zero attached hydrogens (tertiary/aromatic N) is 1. The third kappa shape index (κ3) is 5.02. The van der Waals surface area contributed by atoms with Crippen LogP contribution in [0.5, 0.6) is 0 Å². The van der Waals surface area contributed by atoms with E-state index in [4.69, 9.17) is 11.6 Å². The maximum absolute atomic E-state index is 12.5. The Morgan fingerprint density at radius 2 is 1.70 bits per heavy atom. The van der Waals surface area contributed by atoms with Crippen LogP contribution in [0.25, 0.3) is 0 Å². The molecule has 2 aliphatic rings. The van der Waals surface area contributed by atoms with Crippen LogP contribution >= 0.6 is 11.6 Å². The molecule has 0 spiro atoms. The molecule has 2 fully saturated rings. The van der Waals surface area contributed by atoms with E-state index >= 15 is 0 Å². The third-order valence-corrected chi connectivity index (χ3v) is 6.75. The van der Waals surface area contributed by atoms with Gasteiger partial charge in [0.05, 0.1) is 6.54 Å². The summed E-state index contributed by atoms with van der Waals surface area (Å²) < 4.78 is 0. The molecule has 0 unspecified atom stereocenters. The largest absolute Gasteiger partial charge is 0.326 e. The second kappa shape index (κ2) is 9.19. The molecule has 6 heteroatoms. The van der Waals surface area contributed by atoms with Crippen LogP contribution in [0.3, 0.4) is 0 Å². The number of amides is 2. The summed E-state index contributed by atoms with van der Waals surface area (Å²) >= 11 is 6.37. The summed E-state index contributed by atoms with van der Waals surface area (Å²) in [6, 6.07) is 15.3. The summed E-state index contributed by atoms with van der Waals surface area (Å²) in [7, 11) is 0. The SMILES string of the molecule is CC(=O)Nc1ccc(NC(=O)CN2C[C@H]3CC[C@H](Cc4ccccc4Cl)[C@H]3C2)cc1. The Labute approximate surface area is 182 Å². The lowest BCUT2D eigenvalue weighted by molar-refractivity contribution is -0.117. The molecule has 1 heterocycles. The van der Waals surface area contributed by atoms with Gasteiger partial charge in [-0.05, 0) is 72.9 Å². The number of halogens is 1. The van der Waals surface area contributed by atoms with E-state index in [1.807, 2.05) is 24.3 Å². The van der Waals surface area contributed by atoms with Gasteiger partial charge in [-0.2, -0.15) is 0 Å². The van der Waals surface area contributed by atoms with Crippen LogP contribution in [-0.2, 0) is 16.0 Å². The number of hydrogen-bond donors (Lipinski definition) is 2. The highest BCUT2D eigenvalue weighted by Gasteiger charge is 2.42. The van der Waals surface area contributed by atoms with E-state index in [-0.39, 0.29) is 11.8 Å². The zero-order valence-electron chi connectivity index (χ0n) is 17.2. The topological polar surface area (TPSA) is 61.4 Å². The first-order valence-corrected chi connectivity index (χ1v) is 11.0. The smallest absolute Gasteiger partial charge is 0.238 e. The Morgan fingerprint density at radius 3 is 2.40 bits per heavy atom. The molecule has 5 nitrogen and oxygen atoms in total. The number of carbonyl (C=O) groups excluding carboxylic acids is 2. The summed E-state index contributed by atoms with van der Waals surface area (Å²) in [6.07, 6.45) is 3.52. The van der Waals surface area contributed by atoms with Gasteiger partial charge in [-0.25, -0.2) is 0 Å². The summed E-state index contributed by atoms with van der Waals surface area (Å²) in [5.41, 5.74) is 2.70. The molecule has 1 saturated carbocycles. The van der Waals surface area contributed by atoms with Crippen molar-refractivity contribution in [3.63, 3.8) is 0 Å². The molecule has 1 saturated heterocycles. The molecular weight excluding hydrogens is 398 g/mol. The number of rotatable bonds is 6. The van der Waals surface area contributed by atoms with Gasteiger partial charge in [0.25, 0.3) is 0 Å². The molecule has 4 rings (SSSR count). The minimum atomic E-state index is -0.112. The maximum atomic E-state index is 12.5. The first-order chi connectivity index (χ1) is 14.5. The van der Waals surface area contributed by atoms with Crippen molar-refractivity contribution in [1.29, 1.82) is 0 Å². The number of fused-ring (bicyclic) bond motifs is 1. The average Bonchev–Trinajstić information content (AvgIpc) is 3.26. The molecule has 2 aromatic rings. The van der Waals surface area contributed by atoms with E-state index in [1.54, 1.807) is 12.1 Å². The van der Waals surface area contributed by atoms with Gasteiger partial charge in [0.1, 0.15) is 0 Å². The van der Waals surface area contributed by atoms with E-state index in [0.717, 1.165) is 35.9 Å². The predicted molar refractivity (Wildman–Crippen MR) is 121 cm³/mol. The van der Waals surface area contributed by atoms with Crippen LogP contribution in [0.4, 0.5) is 11.4 Å². The Hall–Kier alpha value is -2.37. The minimum absolute atomic E-state index is 0.00454. The summed E-state index contributed by atoms with van der Waals surface area (Å²) in [5.74, 6) is 1.86. The summed E-state index contributed by atoms with van der Waals surface area (Å²) in [6.45, 7) is 3.87. The van der Waals surface area contributed by atoms with E-state index in [0.29, 0.717) is 24.3 Å². The molecule has 1 aliphatic heterocycles. The quantitative estimate of drug-likeness (QED) is 0.719. The lowest BCUT2D eigenvalue weighted by Gasteiger charge is -2.21. The molecule has 2 aromatic carbocycles. The zero-order chi connectivity index (χ0) is 21.1. The number of benzene rings is 2. The van der Waals surface area contributed by atoms with Gasteiger partial charge in [0, 0.05) is 36.4 Å². The normalized spacial score (nSPS) is 23.2. The maximum Gasteiger partial charge on any atom is 0.238 e. The molecule has 1 aliphatic carbocycles. The van der Waals surface area contributed by atoms with E-state index in [2.05, 4.69) is 27.7 Å². The van der Waals surface area contributed by atoms with Crippen molar-refractivity contribution in [2.75, 3.05) is 30.3 Å². The van der Waals surface area contributed by atoms with Crippen molar-refractivity contribution in [2.45, 2.75) is 26.2 Å². The van der Waals surface area contributed by atoms with Crippen molar-refractivity contribution >= 4 is 34.8 Å². The van der Waals surface area contributed by atoms with Crippen LogP contribution in [0.1, 0.15) is 25.3 Å². The third-order valence-electron chi connectivity index (χ3n) is 6.38. The van der Waals surface area contributed by atoms with Gasteiger partial charge in [-0.1, -0.05) is 29.8 Å². The highest BCUT2D eigenvalue weighted by atomic mass is 35.5. The standard InChI is InChI=1S/C24H28ClN3O2/c1-16(29)26-20-8-10-21(11-9-20)27-24(30)15-28-13-19-7-6-17(22(19)14-28)12-18-4-2-3-5-23(18)25/h2-5,8-11,17,19,22H,6-7,12-15H2,1H3,(H,26,29)(H,27,30)/t17-,19-,22-/m1/s1. The fourth-order valence-electron chi connectivity index (χ4n) is 5.04. The van der Waals surface area contributed by atoms with Crippen molar-refractivity contribution in [1.82, 2.24) is 4.90 Å². The van der Waals surface area contributed by atoms with Crippen LogP contribution in [0, 0.1) is 17.8 Å². The highest BCUT2D eigenvalue weighted by Crippen LogP contribution is 2.44. The number of carbonyl (C=O) groups is 2. The fraction of sp³-hybridized carbons (Fsp3) is 0.417. The van der Waals surface area contributed by atoms with Crippen molar-refractivity contribution < 1.29 is 9.59 Å². The molecule has 3 atom stereocenters. The fourth-order valence-corrected chi connectivity index (χ4v) is 5.26. The molecule has 0 bridgehead atoms. The Morgan fingerprint density at radius 1 is 1.00 bits per heavy atom. The molecule has 2 amide bonds. The minimum Gasteiger partial charge on any atom is -0.326 e. The first-order valence-electron chi connectivity index (χ1n) is 10.6. The molecular formula is C24H28ClN3O2. The van der Waals surface area contributed by atoms with Crippen LogP contribution in [-0.4, -0.2) is 36.3 Å². The number of hydrogen-bond acceptors (Lipinski definition) is 3. The number of anilines is 2. The van der Waals surface area contributed by atoms with E-state index in [9.17, 15) is 9.59 Å². The Balaban J connectivity index is 1.29. The molecule has 0 radical (unpaired) electrons. The average molecular weight is 426 g/mol. The van der Waals surface area contributed by atoms with Gasteiger partial charge in [0.15, 0.2) is 0 Å². The van der Waals surface area contributed by atoms with Gasteiger partial charge in [-0.15, -0.1) is 0 Å². The van der Waals surface area contributed by atoms with Crippen molar-refractivity contribution in [3.05, 3.63) is 59.1 Å². The van der Waals surface area contributed by atoms with Crippen molar-refractivity contribution in [3.8, 4) is 0 Å². The summed E-state index contributed by atoms with van der Waals surface area (Å²) in [4.78, 5) is 25.9. The van der Waals surface area contributed by atoms with Gasteiger partial charge >= 0.3 is 0 Å². The predicted octanol–water partition coefficient (Wildman–Crippen LogP) is 4.44. The molecule has 30 heavy (non-hydrogen) atoms. The zero-order valence-corrected chi connectivity index (χ0v) is 18.0. The monoisotopic (exact) mass is 425 g/mol. The first kappa shape index (κ1) is 20.9. The summed E-state index contributed by atoms with van der Waals surface area (Å²) in [5, 5.41) is 6.55. The molecule has 2 N–H and O–H groups in total. The lowest BCUT2D eigenvalue weighted by atomic mass is 9.87. The highest BCUT2D eigenvalue weighted by molar-refractivity contribution is 6.31. The lowest BCUT2D eigenvalue weighted by Crippen LogP contribution is -2.32. The van der Waals surface area contributed by atoms with Gasteiger partial charge < -0.3 is 10.6 Å². The van der Waals surface area contributed by atoms with E-state index < -0.39 is 0 Å².